The molecule has 1 aromatic carbocycles. The minimum atomic E-state index is -0.266. The summed E-state index contributed by atoms with van der Waals surface area (Å²) in [5, 5.41) is 3.68. The Balaban J connectivity index is 2.07. The number of benzene rings is 1. The lowest BCUT2D eigenvalue weighted by Crippen LogP contribution is -2.24. The fourth-order valence-electron chi connectivity index (χ4n) is 2.44. The molecule has 2 rings (SSSR count). The highest BCUT2D eigenvalue weighted by atomic mass is 35.5. The second-order valence-electron chi connectivity index (χ2n) is 4.57. The minimum absolute atomic E-state index is 0.266. The first-order chi connectivity index (χ1) is 7.68. The highest BCUT2D eigenvalue weighted by molar-refractivity contribution is 6.33. The van der Waals surface area contributed by atoms with Crippen molar-refractivity contribution in [3.05, 3.63) is 29.0 Å². The van der Waals surface area contributed by atoms with Crippen molar-refractivity contribution in [2.24, 2.45) is 5.92 Å². The number of rotatable bonds is 3. The van der Waals surface area contributed by atoms with Crippen LogP contribution in [0, 0.1) is 11.7 Å². The van der Waals surface area contributed by atoms with Crippen molar-refractivity contribution in [3.8, 4) is 0 Å². The van der Waals surface area contributed by atoms with Gasteiger partial charge in [-0.1, -0.05) is 30.5 Å². The van der Waals surface area contributed by atoms with Crippen molar-refractivity contribution in [2.75, 3.05) is 5.32 Å². The van der Waals surface area contributed by atoms with Gasteiger partial charge in [0.05, 0.1) is 10.7 Å². The van der Waals surface area contributed by atoms with Gasteiger partial charge in [-0.15, -0.1) is 0 Å². The van der Waals surface area contributed by atoms with Crippen LogP contribution in [-0.4, -0.2) is 6.04 Å². The number of anilines is 1. The third kappa shape index (κ3) is 2.49. The fourth-order valence-corrected chi connectivity index (χ4v) is 2.66. The van der Waals surface area contributed by atoms with Crippen LogP contribution in [0.25, 0.3) is 0 Å². The van der Waals surface area contributed by atoms with E-state index in [2.05, 4.69) is 12.2 Å². The van der Waals surface area contributed by atoms with Crippen LogP contribution in [0.15, 0.2) is 18.2 Å². The quantitative estimate of drug-likeness (QED) is 0.823. The molecule has 1 nitrogen and oxygen atoms in total. The van der Waals surface area contributed by atoms with Crippen LogP contribution in [0.4, 0.5) is 10.1 Å². The van der Waals surface area contributed by atoms with Crippen molar-refractivity contribution in [3.63, 3.8) is 0 Å². The summed E-state index contributed by atoms with van der Waals surface area (Å²) in [6.45, 7) is 2.11. The SMILES string of the molecule is CC(Nc1c(F)cccc1Cl)C1CCCC1. The van der Waals surface area contributed by atoms with Crippen molar-refractivity contribution < 1.29 is 4.39 Å². The largest absolute Gasteiger partial charge is 0.379 e. The first-order valence-electron chi connectivity index (χ1n) is 5.89. The minimum Gasteiger partial charge on any atom is -0.379 e. The number of hydrogen-bond donors (Lipinski definition) is 1. The van der Waals surface area contributed by atoms with E-state index in [0.29, 0.717) is 16.6 Å². The monoisotopic (exact) mass is 241 g/mol. The molecule has 1 saturated carbocycles. The van der Waals surface area contributed by atoms with E-state index in [4.69, 9.17) is 11.6 Å². The molecule has 1 aliphatic rings. The van der Waals surface area contributed by atoms with Crippen molar-refractivity contribution in [1.29, 1.82) is 0 Å². The van der Waals surface area contributed by atoms with Crippen LogP contribution in [0.3, 0.4) is 0 Å². The van der Waals surface area contributed by atoms with E-state index in [1.54, 1.807) is 12.1 Å². The summed E-state index contributed by atoms with van der Waals surface area (Å²) in [5.41, 5.74) is 0.448. The van der Waals surface area contributed by atoms with E-state index < -0.39 is 0 Å². The molecule has 1 N–H and O–H groups in total. The molecule has 0 bridgehead atoms. The van der Waals surface area contributed by atoms with Gasteiger partial charge in [-0.3, -0.25) is 0 Å². The van der Waals surface area contributed by atoms with Gasteiger partial charge in [0.1, 0.15) is 5.82 Å². The number of nitrogens with one attached hydrogen (secondary N) is 1. The summed E-state index contributed by atoms with van der Waals surface area (Å²) >= 11 is 5.98. The number of para-hydroxylation sites is 1. The lowest BCUT2D eigenvalue weighted by Gasteiger charge is -2.22. The molecule has 3 heteroatoms. The highest BCUT2D eigenvalue weighted by Crippen LogP contribution is 2.32. The topological polar surface area (TPSA) is 12.0 Å². The summed E-state index contributed by atoms with van der Waals surface area (Å²) in [5.74, 6) is 0.382. The highest BCUT2D eigenvalue weighted by Gasteiger charge is 2.22. The molecule has 0 amide bonds. The maximum Gasteiger partial charge on any atom is 0.147 e. The van der Waals surface area contributed by atoms with Gasteiger partial charge in [-0.2, -0.15) is 0 Å². The third-order valence-corrected chi connectivity index (χ3v) is 3.76. The van der Waals surface area contributed by atoms with Crippen LogP contribution >= 0.6 is 11.6 Å². The summed E-state index contributed by atoms with van der Waals surface area (Å²) < 4.78 is 13.6. The van der Waals surface area contributed by atoms with E-state index in [9.17, 15) is 4.39 Å². The van der Waals surface area contributed by atoms with Gasteiger partial charge in [-0.05, 0) is 37.8 Å². The van der Waals surface area contributed by atoms with Gasteiger partial charge in [0.25, 0.3) is 0 Å². The standard InChI is InChI=1S/C13H17ClFN/c1-9(10-5-2-3-6-10)16-13-11(14)7-4-8-12(13)15/h4,7-10,16H,2-3,5-6H2,1H3. The van der Waals surface area contributed by atoms with E-state index in [1.807, 2.05) is 0 Å². The molecular formula is C13H17ClFN. The van der Waals surface area contributed by atoms with Crippen LogP contribution in [-0.2, 0) is 0 Å². The van der Waals surface area contributed by atoms with E-state index in [1.165, 1.54) is 31.7 Å². The molecule has 0 heterocycles. The first-order valence-corrected chi connectivity index (χ1v) is 6.27. The lowest BCUT2D eigenvalue weighted by molar-refractivity contribution is 0.479. The zero-order valence-corrected chi connectivity index (χ0v) is 10.2. The van der Waals surface area contributed by atoms with E-state index >= 15 is 0 Å². The molecule has 88 valence electrons. The Morgan fingerprint density at radius 2 is 2.06 bits per heavy atom. The zero-order valence-electron chi connectivity index (χ0n) is 9.47. The molecule has 1 unspecified atom stereocenters. The Hall–Kier alpha value is -0.760. The van der Waals surface area contributed by atoms with Crippen LogP contribution in [0.5, 0.6) is 0 Å². The molecule has 0 aromatic heterocycles. The maximum atomic E-state index is 13.6. The normalized spacial score (nSPS) is 18.7. The molecule has 0 aliphatic heterocycles. The molecule has 16 heavy (non-hydrogen) atoms. The molecule has 1 aliphatic carbocycles. The summed E-state index contributed by atoms with van der Waals surface area (Å²) in [7, 11) is 0. The lowest BCUT2D eigenvalue weighted by atomic mass is 9.99. The van der Waals surface area contributed by atoms with Crippen LogP contribution < -0.4 is 5.32 Å². The second kappa shape index (κ2) is 5.05. The Morgan fingerprint density at radius 1 is 1.38 bits per heavy atom. The molecule has 0 saturated heterocycles. The van der Waals surface area contributed by atoms with E-state index in [-0.39, 0.29) is 11.9 Å². The first kappa shape index (κ1) is 11.7. The van der Waals surface area contributed by atoms with Gasteiger partial charge in [0, 0.05) is 6.04 Å². The van der Waals surface area contributed by atoms with Crippen molar-refractivity contribution >= 4 is 17.3 Å². The average molecular weight is 242 g/mol. The Bertz CT molecular complexity index is 341. The summed E-state index contributed by atoms with van der Waals surface area (Å²) in [4.78, 5) is 0. The van der Waals surface area contributed by atoms with Crippen molar-refractivity contribution in [1.82, 2.24) is 0 Å². The van der Waals surface area contributed by atoms with Gasteiger partial charge < -0.3 is 5.32 Å². The maximum absolute atomic E-state index is 13.6. The van der Waals surface area contributed by atoms with Gasteiger partial charge in [-0.25, -0.2) is 4.39 Å². The zero-order chi connectivity index (χ0) is 11.5. The molecular weight excluding hydrogens is 225 g/mol. The van der Waals surface area contributed by atoms with Gasteiger partial charge in [0.15, 0.2) is 0 Å². The van der Waals surface area contributed by atoms with Gasteiger partial charge >= 0.3 is 0 Å². The molecule has 1 atom stereocenters. The third-order valence-electron chi connectivity index (χ3n) is 3.44. The Labute approximate surface area is 101 Å². The second-order valence-corrected chi connectivity index (χ2v) is 4.98. The summed E-state index contributed by atoms with van der Waals surface area (Å²) in [6.07, 6.45) is 5.06. The molecule has 0 radical (unpaired) electrons. The van der Waals surface area contributed by atoms with Gasteiger partial charge in [0.2, 0.25) is 0 Å². The van der Waals surface area contributed by atoms with Crippen LogP contribution in [0.1, 0.15) is 32.6 Å². The smallest absolute Gasteiger partial charge is 0.147 e. The summed E-state index contributed by atoms with van der Waals surface area (Å²) in [6, 6.07) is 5.07. The predicted octanol–water partition coefficient (Wildman–Crippen LogP) is 4.47. The Morgan fingerprint density at radius 3 is 2.69 bits per heavy atom. The number of halogens is 2. The van der Waals surface area contributed by atoms with Crippen LogP contribution in [0.2, 0.25) is 5.02 Å². The van der Waals surface area contributed by atoms with E-state index in [0.717, 1.165) is 0 Å². The molecule has 0 spiro atoms. The number of hydrogen-bond acceptors (Lipinski definition) is 1. The molecule has 1 aromatic rings. The Kier molecular flexibility index (Phi) is 3.70. The average Bonchev–Trinajstić information content (AvgIpc) is 2.76. The fraction of sp³-hybridized carbons (Fsp3) is 0.538. The molecule has 1 fully saturated rings. The predicted molar refractivity (Wildman–Crippen MR) is 66.5 cm³/mol. The van der Waals surface area contributed by atoms with Crippen molar-refractivity contribution in [2.45, 2.75) is 38.6 Å².